The van der Waals surface area contributed by atoms with E-state index in [2.05, 4.69) is 22.3 Å². The molecule has 2 heterocycles. The molecule has 1 unspecified atom stereocenters. The third-order valence-electron chi connectivity index (χ3n) is 7.69. The van der Waals surface area contributed by atoms with Crippen LogP contribution in [0.15, 0.2) is 24.3 Å². The van der Waals surface area contributed by atoms with Crippen molar-refractivity contribution >= 4 is 47.1 Å². The van der Waals surface area contributed by atoms with Crippen molar-refractivity contribution in [3.63, 3.8) is 0 Å². The number of rotatable bonds is 10. The molecular formula is C31H47N4O5S2. The number of anilines is 1. The molecule has 233 valence electrons. The fourth-order valence-corrected chi connectivity index (χ4v) is 7.77. The van der Waals surface area contributed by atoms with Gasteiger partial charge in [0.2, 0.25) is 5.91 Å². The summed E-state index contributed by atoms with van der Waals surface area (Å²) in [5.74, 6) is 3.19. The van der Waals surface area contributed by atoms with Crippen LogP contribution in [0.4, 0.5) is 10.5 Å². The topological polar surface area (TPSA) is 91.4 Å². The van der Waals surface area contributed by atoms with Crippen LogP contribution in [0.25, 0.3) is 0 Å². The highest BCUT2D eigenvalue weighted by Crippen LogP contribution is 2.30. The van der Waals surface area contributed by atoms with Crippen LogP contribution < -0.4 is 15.0 Å². The highest BCUT2D eigenvalue weighted by Gasteiger charge is 2.39. The minimum absolute atomic E-state index is 0.0540. The van der Waals surface area contributed by atoms with E-state index < -0.39 is 23.1 Å². The smallest absolute Gasteiger partial charge is 0.411 e. The van der Waals surface area contributed by atoms with Gasteiger partial charge in [-0.15, -0.1) is 11.8 Å². The van der Waals surface area contributed by atoms with E-state index in [9.17, 15) is 14.4 Å². The Morgan fingerprint density at radius 2 is 1.74 bits per heavy atom. The summed E-state index contributed by atoms with van der Waals surface area (Å²) in [6.07, 6.45) is 5.80. The Labute approximate surface area is 259 Å². The first kappa shape index (κ1) is 32.6. The summed E-state index contributed by atoms with van der Waals surface area (Å²) in [6.45, 7) is 12.3. The Hall–Kier alpha value is -2.27. The summed E-state index contributed by atoms with van der Waals surface area (Å²) in [6, 6.07) is 7.42. The Morgan fingerprint density at radius 1 is 1.05 bits per heavy atom. The van der Waals surface area contributed by atoms with Crippen molar-refractivity contribution < 1.29 is 23.9 Å². The fraction of sp³-hybridized carbons (Fsp3) is 0.677. The Morgan fingerprint density at radius 3 is 2.38 bits per heavy atom. The summed E-state index contributed by atoms with van der Waals surface area (Å²) in [4.78, 5) is 45.6. The van der Waals surface area contributed by atoms with Gasteiger partial charge in [-0.25, -0.2) is 4.79 Å². The van der Waals surface area contributed by atoms with Crippen molar-refractivity contribution in [3.05, 3.63) is 30.8 Å². The number of carbonyl (C=O) groups excluding carboxylic acids is 3. The lowest BCUT2D eigenvalue weighted by Gasteiger charge is -2.38. The number of piperazine rings is 1. The maximum absolute atomic E-state index is 13.8. The van der Waals surface area contributed by atoms with Crippen molar-refractivity contribution in [2.75, 3.05) is 54.9 Å². The lowest BCUT2D eigenvalue weighted by atomic mass is 9.91. The van der Waals surface area contributed by atoms with Gasteiger partial charge in [0.15, 0.2) is 5.37 Å². The molecule has 1 saturated carbocycles. The zero-order valence-corrected chi connectivity index (χ0v) is 27.1. The number of benzene rings is 1. The summed E-state index contributed by atoms with van der Waals surface area (Å²) in [5.41, 5.74) is 0.441. The van der Waals surface area contributed by atoms with Crippen molar-refractivity contribution in [2.45, 2.75) is 76.8 Å². The third kappa shape index (κ3) is 9.36. The molecule has 9 nitrogen and oxygen atoms in total. The number of carbonyl (C=O) groups is 3. The average Bonchev–Trinajstić information content (AvgIpc) is 3.47. The van der Waals surface area contributed by atoms with Gasteiger partial charge in [0.05, 0.1) is 13.2 Å². The van der Waals surface area contributed by atoms with Gasteiger partial charge in [-0.3, -0.25) is 14.5 Å². The molecule has 2 atom stereocenters. The van der Waals surface area contributed by atoms with Crippen molar-refractivity contribution in [2.24, 2.45) is 5.92 Å². The summed E-state index contributed by atoms with van der Waals surface area (Å²) >= 11 is 3.12. The standard InChI is InChI=1S/C31H47N4O5S2/c1-5-39-25-13-11-24(12-14-25)33-15-17-34(18-16-33)28(37)26(22-41-21-23-9-7-6-8-10-23)32-27(36)29-35(19-20-42-29)30(38)40-31(2,3)4/h11-14,19,23,26,29H,5-10,15-18,20-22H2,1-4H3,(H,32,36)/t26-,29?/m0/s1. The average molecular weight is 620 g/mol. The number of thioether (sulfide) groups is 2. The zero-order chi connectivity index (χ0) is 30.1. The third-order valence-corrected chi connectivity index (χ3v) is 10.1. The molecule has 0 spiro atoms. The van der Waals surface area contributed by atoms with E-state index in [1.807, 2.05) is 24.0 Å². The van der Waals surface area contributed by atoms with Crippen LogP contribution in [0.3, 0.4) is 0 Å². The highest BCUT2D eigenvalue weighted by atomic mass is 32.2. The van der Waals surface area contributed by atoms with Crippen LogP contribution in [0, 0.1) is 12.5 Å². The van der Waals surface area contributed by atoms with Gasteiger partial charge in [0.25, 0.3) is 5.91 Å². The molecular weight excluding hydrogens is 572 g/mol. The van der Waals surface area contributed by atoms with E-state index in [4.69, 9.17) is 9.47 Å². The minimum Gasteiger partial charge on any atom is -0.494 e. The largest absolute Gasteiger partial charge is 0.494 e. The quantitative estimate of drug-likeness (QED) is 0.391. The molecule has 3 fully saturated rings. The van der Waals surface area contributed by atoms with Crippen LogP contribution >= 0.6 is 23.5 Å². The second-order valence-electron chi connectivity index (χ2n) is 12.1. The van der Waals surface area contributed by atoms with Crippen LogP contribution in [0.5, 0.6) is 5.75 Å². The SMILES string of the molecule is CCOc1ccc(N2CCN(C(=O)[C@H](CSCC3CCCCC3)NC(=O)C3SC[CH]N3C(=O)OC(C)(C)C)CC2)cc1. The van der Waals surface area contributed by atoms with Gasteiger partial charge in [0.1, 0.15) is 17.4 Å². The van der Waals surface area contributed by atoms with Crippen molar-refractivity contribution in [1.29, 1.82) is 0 Å². The van der Waals surface area contributed by atoms with Crippen LogP contribution in [0.2, 0.25) is 0 Å². The summed E-state index contributed by atoms with van der Waals surface area (Å²) in [5, 5.41) is 2.28. The number of hydrogen-bond acceptors (Lipinski definition) is 8. The lowest BCUT2D eigenvalue weighted by Crippen LogP contribution is -2.57. The molecule has 0 aromatic heterocycles. The predicted molar refractivity (Wildman–Crippen MR) is 171 cm³/mol. The number of nitrogens with zero attached hydrogens (tertiary/aromatic N) is 3. The number of nitrogens with one attached hydrogen (secondary N) is 1. The number of amides is 3. The van der Waals surface area contributed by atoms with Crippen molar-refractivity contribution in [1.82, 2.24) is 15.1 Å². The second kappa shape index (κ2) is 15.5. The molecule has 42 heavy (non-hydrogen) atoms. The van der Waals surface area contributed by atoms with E-state index in [0.717, 1.165) is 30.3 Å². The van der Waals surface area contributed by atoms with Crippen LogP contribution in [0.1, 0.15) is 59.8 Å². The number of hydrogen-bond donors (Lipinski definition) is 1. The molecule has 1 N–H and O–H groups in total. The van der Waals surface area contributed by atoms with Gasteiger partial charge < -0.3 is 24.6 Å². The molecule has 1 radical (unpaired) electrons. The van der Waals surface area contributed by atoms with Gasteiger partial charge in [-0.05, 0) is 76.5 Å². The highest BCUT2D eigenvalue weighted by molar-refractivity contribution is 8.01. The zero-order valence-electron chi connectivity index (χ0n) is 25.5. The van der Waals surface area contributed by atoms with Crippen LogP contribution in [-0.4, -0.2) is 94.8 Å². The Bertz CT molecular complexity index is 1040. The molecule has 3 amide bonds. The lowest BCUT2D eigenvalue weighted by molar-refractivity contribution is -0.136. The van der Waals surface area contributed by atoms with Gasteiger partial charge in [-0.2, -0.15) is 11.8 Å². The minimum atomic E-state index is -0.755. The predicted octanol–water partition coefficient (Wildman–Crippen LogP) is 5.00. The summed E-state index contributed by atoms with van der Waals surface area (Å²) in [7, 11) is 0. The van der Waals surface area contributed by atoms with E-state index in [1.54, 1.807) is 39.1 Å². The molecule has 1 aromatic carbocycles. The van der Waals surface area contributed by atoms with E-state index in [-0.39, 0.29) is 11.8 Å². The van der Waals surface area contributed by atoms with Gasteiger partial charge in [-0.1, -0.05) is 19.3 Å². The van der Waals surface area contributed by atoms with Crippen LogP contribution in [-0.2, 0) is 14.3 Å². The fourth-order valence-electron chi connectivity index (χ4n) is 5.53. The molecule has 1 aromatic rings. The molecule has 4 rings (SSSR count). The van der Waals surface area contributed by atoms with Crippen molar-refractivity contribution in [3.8, 4) is 5.75 Å². The second-order valence-corrected chi connectivity index (χ2v) is 14.3. The Kier molecular flexibility index (Phi) is 12.0. The molecule has 1 aliphatic carbocycles. The van der Waals surface area contributed by atoms with Gasteiger partial charge in [0, 0.05) is 43.4 Å². The van der Waals surface area contributed by atoms with Gasteiger partial charge >= 0.3 is 6.09 Å². The first-order chi connectivity index (χ1) is 20.1. The monoisotopic (exact) mass is 619 g/mol. The maximum Gasteiger partial charge on any atom is 0.411 e. The first-order valence-electron chi connectivity index (χ1n) is 15.3. The molecule has 3 aliphatic rings. The normalized spacial score (nSPS) is 20.8. The van der Waals surface area contributed by atoms with E-state index in [1.165, 1.54) is 48.8 Å². The molecule has 11 heteroatoms. The van der Waals surface area contributed by atoms with E-state index >= 15 is 0 Å². The molecule has 2 aliphatic heterocycles. The maximum atomic E-state index is 13.8. The first-order valence-corrected chi connectivity index (χ1v) is 17.5. The number of ether oxygens (including phenoxy) is 2. The molecule has 2 saturated heterocycles. The summed E-state index contributed by atoms with van der Waals surface area (Å²) < 4.78 is 11.1. The molecule has 0 bridgehead atoms. The van der Waals surface area contributed by atoms with E-state index in [0.29, 0.717) is 37.1 Å². The Balaban J connectivity index is 1.37.